The van der Waals surface area contributed by atoms with E-state index in [9.17, 15) is 14.7 Å². The van der Waals surface area contributed by atoms with E-state index in [1.54, 1.807) is 27.9 Å². The van der Waals surface area contributed by atoms with Crippen molar-refractivity contribution in [1.29, 1.82) is 0 Å². The van der Waals surface area contributed by atoms with Crippen LogP contribution in [0.5, 0.6) is 0 Å². The van der Waals surface area contributed by atoms with Crippen LogP contribution in [-0.4, -0.2) is 51.2 Å². The molecule has 1 atom stereocenters. The van der Waals surface area contributed by atoms with Gasteiger partial charge in [-0.1, -0.05) is 18.7 Å². The number of amides is 1. The topological polar surface area (TPSA) is 83.4 Å². The maximum atomic E-state index is 11.9. The van der Waals surface area contributed by atoms with E-state index in [-0.39, 0.29) is 11.5 Å². The lowest BCUT2D eigenvalue weighted by molar-refractivity contribution is -0.127. The molecule has 1 unspecified atom stereocenters. The van der Waals surface area contributed by atoms with Crippen molar-refractivity contribution in [2.45, 2.75) is 37.5 Å². The second-order valence-electron chi connectivity index (χ2n) is 4.56. The number of aromatic nitrogens is 2. The summed E-state index contributed by atoms with van der Waals surface area (Å²) in [6.45, 7) is 5.28. The number of rotatable bonds is 5. The minimum absolute atomic E-state index is 0.0746. The van der Waals surface area contributed by atoms with Crippen LogP contribution < -0.4 is 0 Å². The fraction of sp³-hybridized carbons (Fsp3) is 0.538. The largest absolute Gasteiger partial charge is 0.478 e. The van der Waals surface area contributed by atoms with Gasteiger partial charge in [0.25, 0.3) is 0 Å². The summed E-state index contributed by atoms with van der Waals surface area (Å²) >= 11 is 1.16. The summed E-state index contributed by atoms with van der Waals surface area (Å²) in [7, 11) is 3.33. The van der Waals surface area contributed by atoms with Gasteiger partial charge in [0.15, 0.2) is 0 Å². The normalized spacial score (nSPS) is 12.1. The van der Waals surface area contributed by atoms with Crippen LogP contribution in [-0.2, 0) is 11.2 Å². The Balaban J connectivity index is 3.18. The Bertz CT molecular complexity index is 532. The molecule has 0 radical (unpaired) electrons. The van der Waals surface area contributed by atoms with E-state index in [4.69, 9.17) is 0 Å². The van der Waals surface area contributed by atoms with Crippen molar-refractivity contribution in [2.24, 2.45) is 0 Å². The van der Waals surface area contributed by atoms with Crippen LogP contribution >= 0.6 is 11.8 Å². The Morgan fingerprint density at radius 2 is 1.95 bits per heavy atom. The van der Waals surface area contributed by atoms with Gasteiger partial charge < -0.3 is 10.0 Å². The van der Waals surface area contributed by atoms with Gasteiger partial charge in [0.05, 0.1) is 10.9 Å². The minimum atomic E-state index is -1.07. The van der Waals surface area contributed by atoms with E-state index in [1.165, 1.54) is 4.90 Å². The van der Waals surface area contributed by atoms with Gasteiger partial charge >= 0.3 is 5.97 Å². The van der Waals surface area contributed by atoms with Gasteiger partial charge in [-0.25, -0.2) is 14.8 Å². The van der Waals surface area contributed by atoms with Gasteiger partial charge in [0, 0.05) is 20.5 Å². The number of carboxylic acid groups (broad SMARTS) is 1. The van der Waals surface area contributed by atoms with Gasteiger partial charge in [-0.15, -0.1) is 0 Å². The average Bonchev–Trinajstić information content (AvgIpc) is 2.36. The number of hydrogen-bond donors (Lipinski definition) is 1. The lowest BCUT2D eigenvalue weighted by atomic mass is 10.2. The number of aromatic carboxylic acids is 1. The molecule has 0 bridgehead atoms. The molecule has 1 rings (SSSR count). The number of thioether (sulfide) groups is 1. The maximum absolute atomic E-state index is 11.9. The SMILES string of the molecule is CCc1nc(C)c(C(=O)O)c(SC(C)C(=O)N(C)C)n1. The number of carboxylic acids is 1. The van der Waals surface area contributed by atoms with Crippen molar-refractivity contribution >= 4 is 23.6 Å². The summed E-state index contributed by atoms with van der Waals surface area (Å²) in [4.78, 5) is 33.1. The highest BCUT2D eigenvalue weighted by molar-refractivity contribution is 8.00. The zero-order valence-corrected chi connectivity index (χ0v) is 13.1. The first kappa shape index (κ1) is 16.4. The number of hydrogen-bond acceptors (Lipinski definition) is 5. The zero-order valence-electron chi connectivity index (χ0n) is 12.3. The molecule has 20 heavy (non-hydrogen) atoms. The first-order valence-corrected chi connectivity index (χ1v) is 7.14. The van der Waals surface area contributed by atoms with Crippen molar-refractivity contribution < 1.29 is 14.7 Å². The van der Waals surface area contributed by atoms with E-state index >= 15 is 0 Å². The molecule has 0 aliphatic carbocycles. The molecule has 110 valence electrons. The molecule has 0 spiro atoms. The zero-order chi connectivity index (χ0) is 15.4. The summed E-state index contributed by atoms with van der Waals surface area (Å²) in [6.07, 6.45) is 0.615. The number of aryl methyl sites for hydroxylation is 2. The standard InChI is InChI=1S/C13H19N3O3S/c1-6-9-14-7(2)10(13(18)19)11(15-9)20-8(3)12(17)16(4)5/h8H,6H2,1-5H3,(H,18,19). The Labute approximate surface area is 122 Å². The first-order valence-electron chi connectivity index (χ1n) is 6.26. The van der Waals surface area contributed by atoms with Gasteiger partial charge in [-0.3, -0.25) is 4.79 Å². The van der Waals surface area contributed by atoms with Gasteiger partial charge in [0.2, 0.25) is 5.91 Å². The third kappa shape index (κ3) is 3.69. The smallest absolute Gasteiger partial charge is 0.340 e. The lowest BCUT2D eigenvalue weighted by Crippen LogP contribution is -2.30. The molecule has 0 aromatic carbocycles. The molecule has 0 fully saturated rings. The Kier molecular flexibility index (Phi) is 5.50. The van der Waals surface area contributed by atoms with Gasteiger partial charge in [-0.05, 0) is 13.8 Å². The van der Waals surface area contributed by atoms with Crippen molar-refractivity contribution in [3.8, 4) is 0 Å². The van der Waals surface area contributed by atoms with E-state index in [1.807, 2.05) is 6.92 Å². The predicted octanol–water partition coefficient (Wildman–Crippen LogP) is 1.61. The third-order valence-electron chi connectivity index (χ3n) is 2.71. The van der Waals surface area contributed by atoms with Crippen LogP contribution in [0.1, 0.15) is 35.7 Å². The summed E-state index contributed by atoms with van der Waals surface area (Å²) in [5.74, 6) is -0.572. The van der Waals surface area contributed by atoms with Crippen LogP contribution in [0.4, 0.5) is 0 Å². The minimum Gasteiger partial charge on any atom is -0.478 e. The fourth-order valence-corrected chi connectivity index (χ4v) is 2.83. The summed E-state index contributed by atoms with van der Waals surface area (Å²) in [5.41, 5.74) is 0.502. The summed E-state index contributed by atoms with van der Waals surface area (Å²) in [6, 6.07) is 0. The molecule has 0 aliphatic rings. The van der Waals surface area contributed by atoms with Crippen LogP contribution in [0.2, 0.25) is 0 Å². The van der Waals surface area contributed by atoms with Crippen molar-refractivity contribution in [1.82, 2.24) is 14.9 Å². The molecule has 6 nitrogen and oxygen atoms in total. The van der Waals surface area contributed by atoms with Crippen LogP contribution in [0.3, 0.4) is 0 Å². The Hall–Kier alpha value is -1.63. The summed E-state index contributed by atoms with van der Waals surface area (Å²) in [5, 5.41) is 9.23. The number of carbonyl (C=O) groups is 2. The van der Waals surface area contributed by atoms with Gasteiger partial charge in [-0.2, -0.15) is 0 Å². The molecule has 1 aromatic rings. The molecular formula is C13H19N3O3S. The molecule has 1 aromatic heterocycles. The number of nitrogens with zero attached hydrogens (tertiary/aromatic N) is 3. The maximum Gasteiger partial charge on any atom is 0.340 e. The van der Waals surface area contributed by atoms with E-state index < -0.39 is 11.2 Å². The highest BCUT2D eigenvalue weighted by Crippen LogP contribution is 2.27. The van der Waals surface area contributed by atoms with Crippen LogP contribution in [0, 0.1) is 6.92 Å². The average molecular weight is 297 g/mol. The lowest BCUT2D eigenvalue weighted by Gasteiger charge is -2.17. The molecule has 0 saturated carbocycles. The van der Waals surface area contributed by atoms with E-state index in [0.29, 0.717) is 23.0 Å². The molecule has 7 heteroatoms. The highest BCUT2D eigenvalue weighted by Gasteiger charge is 2.23. The predicted molar refractivity (Wildman–Crippen MR) is 77.1 cm³/mol. The second kappa shape index (κ2) is 6.69. The Morgan fingerprint density at radius 3 is 2.40 bits per heavy atom. The highest BCUT2D eigenvalue weighted by atomic mass is 32.2. The second-order valence-corrected chi connectivity index (χ2v) is 5.89. The van der Waals surface area contributed by atoms with Gasteiger partial charge in [0.1, 0.15) is 16.4 Å². The van der Waals surface area contributed by atoms with Crippen molar-refractivity contribution in [3.63, 3.8) is 0 Å². The third-order valence-corrected chi connectivity index (χ3v) is 3.78. The van der Waals surface area contributed by atoms with E-state index in [2.05, 4.69) is 9.97 Å². The van der Waals surface area contributed by atoms with Crippen molar-refractivity contribution in [2.75, 3.05) is 14.1 Å². The molecule has 1 amide bonds. The molecule has 1 N–H and O–H groups in total. The molecular weight excluding hydrogens is 278 g/mol. The van der Waals surface area contributed by atoms with Crippen LogP contribution in [0.25, 0.3) is 0 Å². The Morgan fingerprint density at radius 1 is 1.35 bits per heavy atom. The van der Waals surface area contributed by atoms with Crippen molar-refractivity contribution in [3.05, 3.63) is 17.1 Å². The quantitative estimate of drug-likeness (QED) is 0.656. The molecule has 0 saturated heterocycles. The fourth-order valence-electron chi connectivity index (χ4n) is 1.67. The molecule has 1 heterocycles. The number of carbonyl (C=O) groups excluding carboxylic acids is 1. The van der Waals surface area contributed by atoms with Crippen LogP contribution in [0.15, 0.2) is 5.03 Å². The van der Waals surface area contributed by atoms with E-state index in [0.717, 1.165) is 11.8 Å². The monoisotopic (exact) mass is 297 g/mol. The summed E-state index contributed by atoms with van der Waals surface area (Å²) < 4.78 is 0. The molecule has 0 aliphatic heterocycles. The first-order chi connectivity index (χ1) is 9.27.